The molecule has 0 heterocycles. The molecule has 0 atom stereocenters. The van der Waals surface area contributed by atoms with Crippen LogP contribution >= 0.6 is 0 Å². The summed E-state index contributed by atoms with van der Waals surface area (Å²) < 4.78 is 0. The number of rotatable bonds is 4. The van der Waals surface area contributed by atoms with Crippen molar-refractivity contribution in [3.63, 3.8) is 0 Å². The third kappa shape index (κ3) is 5.96. The van der Waals surface area contributed by atoms with E-state index in [0.29, 0.717) is 6.54 Å². The van der Waals surface area contributed by atoms with Gasteiger partial charge in [-0.1, -0.05) is 13.8 Å². The Bertz CT molecular complexity index is 41.7. The quantitative estimate of drug-likeness (QED) is 0.542. The zero-order valence-corrected chi connectivity index (χ0v) is 5.78. The number of hydrogen-bond acceptors (Lipinski definition) is 1. The van der Waals surface area contributed by atoms with E-state index >= 15 is 0 Å². The molecule has 0 aromatic heterocycles. The van der Waals surface area contributed by atoms with Crippen LogP contribution in [-0.4, -0.2) is 13.1 Å². The van der Waals surface area contributed by atoms with E-state index in [1.807, 2.05) is 0 Å². The molecule has 48 valence electrons. The van der Waals surface area contributed by atoms with E-state index < -0.39 is 0 Å². The van der Waals surface area contributed by atoms with Crippen LogP contribution in [0.25, 0.3) is 0 Å². The highest BCUT2D eigenvalue weighted by Crippen LogP contribution is 1.95. The monoisotopic (exact) mass is 113 g/mol. The van der Waals surface area contributed by atoms with Gasteiger partial charge < -0.3 is 5.32 Å². The minimum Gasteiger partial charge on any atom is -0.316 e. The maximum absolute atomic E-state index is 5.20. The van der Waals surface area contributed by atoms with E-state index in [1.54, 1.807) is 0 Å². The van der Waals surface area contributed by atoms with Gasteiger partial charge in [0.2, 0.25) is 0 Å². The first-order valence-electron chi connectivity index (χ1n) is 3.18. The van der Waals surface area contributed by atoms with Gasteiger partial charge in [-0.05, 0) is 32.4 Å². The van der Waals surface area contributed by atoms with E-state index in [1.165, 1.54) is 6.42 Å². The average Bonchev–Trinajstić information content (AvgIpc) is 1.66. The van der Waals surface area contributed by atoms with E-state index in [-0.39, 0.29) is 0 Å². The Morgan fingerprint density at radius 1 is 1.50 bits per heavy atom. The van der Waals surface area contributed by atoms with Crippen molar-refractivity contribution in [2.45, 2.75) is 20.3 Å². The largest absolute Gasteiger partial charge is 0.316 e. The Labute approximate surface area is 52.5 Å². The lowest BCUT2D eigenvalue weighted by Gasteiger charge is -2.02. The summed E-state index contributed by atoms with van der Waals surface area (Å²) in [6, 6.07) is 0. The van der Waals surface area contributed by atoms with Crippen LogP contribution < -0.4 is 5.32 Å². The molecule has 1 N–H and O–H groups in total. The molecule has 8 heavy (non-hydrogen) atoms. The summed E-state index contributed by atoms with van der Waals surface area (Å²) >= 11 is 0. The van der Waals surface area contributed by atoms with Crippen molar-refractivity contribution in [1.82, 2.24) is 5.32 Å². The molecule has 0 aliphatic carbocycles. The van der Waals surface area contributed by atoms with Crippen LogP contribution in [0.15, 0.2) is 0 Å². The number of hydrogen-bond donors (Lipinski definition) is 1. The van der Waals surface area contributed by atoms with Gasteiger partial charge in [-0.25, -0.2) is 0 Å². The molecular weight excluding hydrogens is 98.1 g/mol. The predicted octanol–water partition coefficient (Wildman–Crippen LogP) is 1.33. The molecule has 0 aromatic rings. The van der Waals surface area contributed by atoms with Gasteiger partial charge in [-0.15, -0.1) is 0 Å². The van der Waals surface area contributed by atoms with Crippen molar-refractivity contribution in [1.29, 1.82) is 0 Å². The molecule has 0 unspecified atom stereocenters. The van der Waals surface area contributed by atoms with Crippen LogP contribution in [0.5, 0.6) is 0 Å². The fraction of sp³-hybridized carbons (Fsp3) is 0.857. The van der Waals surface area contributed by atoms with Gasteiger partial charge in [0.25, 0.3) is 0 Å². The lowest BCUT2D eigenvalue weighted by atomic mass is 10.1. The summed E-state index contributed by atoms with van der Waals surface area (Å²) in [5, 5.41) is 3.06. The van der Waals surface area contributed by atoms with Gasteiger partial charge in [-0.2, -0.15) is 0 Å². The Morgan fingerprint density at radius 2 is 2.12 bits per heavy atom. The van der Waals surface area contributed by atoms with Gasteiger partial charge in [-0.3, -0.25) is 0 Å². The minimum atomic E-state index is 0.604. The molecule has 1 nitrogen and oxygen atoms in total. The lowest BCUT2D eigenvalue weighted by Crippen LogP contribution is -2.15. The summed E-state index contributed by atoms with van der Waals surface area (Å²) in [6.45, 7) is 11.3. The molecule has 1 heteroatoms. The molecule has 0 aromatic carbocycles. The van der Waals surface area contributed by atoms with E-state index in [2.05, 4.69) is 19.2 Å². The Kier molecular flexibility index (Phi) is 5.08. The zero-order valence-electron chi connectivity index (χ0n) is 5.78. The molecule has 2 radical (unpaired) electrons. The molecule has 0 saturated heterocycles. The molecule has 0 amide bonds. The number of nitrogens with one attached hydrogen (secondary N) is 1. The second-order valence-electron chi connectivity index (χ2n) is 2.39. The maximum Gasteiger partial charge on any atom is -0.00140 e. The summed E-state index contributed by atoms with van der Waals surface area (Å²) in [4.78, 5) is 0. The van der Waals surface area contributed by atoms with Crippen LogP contribution in [0.2, 0.25) is 0 Å². The highest BCUT2D eigenvalue weighted by Gasteiger charge is 1.89. The highest BCUT2D eigenvalue weighted by atomic mass is 14.8. The predicted molar refractivity (Wildman–Crippen MR) is 36.6 cm³/mol. The lowest BCUT2D eigenvalue weighted by molar-refractivity contribution is 0.552. The Hall–Kier alpha value is -0.0400. The topological polar surface area (TPSA) is 12.0 Å². The molecule has 0 aliphatic heterocycles. The van der Waals surface area contributed by atoms with E-state index in [0.717, 1.165) is 12.5 Å². The molecule has 0 fully saturated rings. The first-order valence-corrected chi connectivity index (χ1v) is 3.18. The second-order valence-corrected chi connectivity index (χ2v) is 2.39. The van der Waals surface area contributed by atoms with Crippen LogP contribution in [0.1, 0.15) is 20.3 Å². The van der Waals surface area contributed by atoms with Crippen LogP contribution in [0, 0.1) is 12.8 Å². The first kappa shape index (κ1) is 7.96. The van der Waals surface area contributed by atoms with Crippen molar-refractivity contribution in [2.24, 2.45) is 5.92 Å². The van der Waals surface area contributed by atoms with Gasteiger partial charge in [0, 0.05) is 0 Å². The minimum absolute atomic E-state index is 0.604. The Balaban J connectivity index is 2.72. The summed E-state index contributed by atoms with van der Waals surface area (Å²) in [5.74, 6) is 0.786. The summed E-state index contributed by atoms with van der Waals surface area (Å²) in [5.41, 5.74) is 0. The smallest absolute Gasteiger partial charge is 0.00140 e. The van der Waals surface area contributed by atoms with Gasteiger partial charge in [0.1, 0.15) is 0 Å². The van der Waals surface area contributed by atoms with Gasteiger partial charge >= 0.3 is 0 Å². The molecule has 0 rings (SSSR count). The van der Waals surface area contributed by atoms with Crippen molar-refractivity contribution in [3.05, 3.63) is 6.92 Å². The first-order chi connectivity index (χ1) is 3.77. The van der Waals surface area contributed by atoms with Crippen molar-refractivity contribution in [3.8, 4) is 0 Å². The van der Waals surface area contributed by atoms with Gasteiger partial charge in [0.05, 0.1) is 0 Å². The fourth-order valence-electron chi connectivity index (χ4n) is 0.493. The third-order valence-corrected chi connectivity index (χ3v) is 1.04. The van der Waals surface area contributed by atoms with Crippen LogP contribution in [-0.2, 0) is 0 Å². The van der Waals surface area contributed by atoms with Crippen molar-refractivity contribution in [2.75, 3.05) is 13.1 Å². The van der Waals surface area contributed by atoms with E-state index in [4.69, 9.17) is 6.92 Å². The normalized spacial score (nSPS) is 10.5. The van der Waals surface area contributed by atoms with Crippen molar-refractivity contribution < 1.29 is 0 Å². The highest BCUT2D eigenvalue weighted by molar-refractivity contribution is 4.50. The molecule has 0 bridgehead atoms. The van der Waals surface area contributed by atoms with Crippen LogP contribution in [0.3, 0.4) is 0 Å². The Morgan fingerprint density at radius 3 is 2.50 bits per heavy atom. The zero-order chi connectivity index (χ0) is 6.41. The van der Waals surface area contributed by atoms with Crippen LogP contribution in [0.4, 0.5) is 0 Å². The molecule has 0 spiro atoms. The SMILES string of the molecule is [CH]CNCCC(C)C. The molecule has 0 aliphatic rings. The summed E-state index contributed by atoms with van der Waals surface area (Å²) in [7, 11) is 0. The molecular formula is C7H15N. The average molecular weight is 113 g/mol. The standard InChI is InChI=1S/C7H15N/c1-4-8-6-5-7(2)3/h1,7-8H,4-6H2,2-3H3. The maximum atomic E-state index is 5.20. The van der Waals surface area contributed by atoms with Gasteiger partial charge in [0.15, 0.2) is 0 Å². The van der Waals surface area contributed by atoms with Crippen molar-refractivity contribution >= 4 is 0 Å². The third-order valence-electron chi connectivity index (χ3n) is 1.04. The second kappa shape index (κ2) is 5.10. The summed E-state index contributed by atoms with van der Waals surface area (Å²) in [6.07, 6.45) is 1.22. The van der Waals surface area contributed by atoms with E-state index in [9.17, 15) is 0 Å². The molecule has 0 saturated carbocycles. The fourth-order valence-corrected chi connectivity index (χ4v) is 0.493.